The van der Waals surface area contributed by atoms with Crippen molar-refractivity contribution >= 4 is 5.97 Å². The zero-order valence-electron chi connectivity index (χ0n) is 9.58. The second kappa shape index (κ2) is 5.83. The predicted octanol–water partition coefficient (Wildman–Crippen LogP) is 0.860. The highest BCUT2D eigenvalue weighted by Gasteiger charge is 2.09. The minimum Gasteiger partial charge on any atom is -0.478 e. The number of hydrogen-bond acceptors (Lipinski definition) is 5. The summed E-state index contributed by atoms with van der Waals surface area (Å²) < 4.78 is 0. The van der Waals surface area contributed by atoms with Gasteiger partial charge in [0.15, 0.2) is 0 Å². The molecule has 0 aliphatic rings. The molecule has 0 unspecified atom stereocenters. The molecule has 6 heteroatoms. The van der Waals surface area contributed by atoms with Gasteiger partial charge in [-0.2, -0.15) is 10.2 Å². The summed E-state index contributed by atoms with van der Waals surface area (Å²) in [6.07, 6.45) is 3.18. The summed E-state index contributed by atoms with van der Waals surface area (Å²) in [5.41, 5.74) is 1.52. The molecule has 18 heavy (non-hydrogen) atoms. The Morgan fingerprint density at radius 3 is 2.78 bits per heavy atom. The normalized spacial score (nSPS) is 10.2. The van der Waals surface area contributed by atoms with Gasteiger partial charge < -0.3 is 10.4 Å². The van der Waals surface area contributed by atoms with E-state index in [1.165, 1.54) is 6.07 Å². The number of hydrogen-bond donors (Lipinski definition) is 2. The number of carbonyl (C=O) groups is 1. The van der Waals surface area contributed by atoms with Crippen molar-refractivity contribution in [2.75, 3.05) is 0 Å². The first-order chi connectivity index (χ1) is 8.77. The number of nitrogens with one attached hydrogen (secondary N) is 1. The predicted molar refractivity (Wildman–Crippen MR) is 63.8 cm³/mol. The number of carboxylic acid groups (broad SMARTS) is 1. The third-order valence-electron chi connectivity index (χ3n) is 2.35. The molecule has 2 aromatic rings. The Bertz CT molecular complexity index is 531. The Balaban J connectivity index is 1.97. The van der Waals surface area contributed by atoms with Gasteiger partial charge in [-0.3, -0.25) is 4.98 Å². The fourth-order valence-corrected chi connectivity index (χ4v) is 1.51. The van der Waals surface area contributed by atoms with E-state index in [0.29, 0.717) is 18.8 Å². The number of nitrogens with zero attached hydrogens (tertiary/aromatic N) is 3. The molecule has 0 aliphatic carbocycles. The molecule has 2 N–H and O–H groups in total. The first-order valence-corrected chi connectivity index (χ1v) is 5.42. The smallest absolute Gasteiger partial charge is 0.337 e. The molecule has 6 nitrogen and oxygen atoms in total. The Morgan fingerprint density at radius 2 is 2.06 bits per heavy atom. The van der Waals surface area contributed by atoms with E-state index in [0.717, 1.165) is 5.69 Å². The van der Waals surface area contributed by atoms with Crippen LogP contribution in [0.15, 0.2) is 36.7 Å². The SMILES string of the molecule is O=C(O)c1cccnc1CNCc1cccnn1. The molecular weight excluding hydrogens is 232 g/mol. The van der Waals surface area contributed by atoms with E-state index in [2.05, 4.69) is 20.5 Å². The van der Waals surface area contributed by atoms with E-state index in [9.17, 15) is 4.79 Å². The third-order valence-corrected chi connectivity index (χ3v) is 2.35. The van der Waals surface area contributed by atoms with Gasteiger partial charge in [0.25, 0.3) is 0 Å². The number of carboxylic acids is 1. The minimum absolute atomic E-state index is 0.212. The third kappa shape index (κ3) is 3.08. The van der Waals surface area contributed by atoms with E-state index in [1.807, 2.05) is 6.07 Å². The van der Waals surface area contributed by atoms with Gasteiger partial charge in [0.2, 0.25) is 0 Å². The summed E-state index contributed by atoms with van der Waals surface area (Å²) in [5.74, 6) is -0.973. The molecule has 0 radical (unpaired) electrons. The van der Waals surface area contributed by atoms with Gasteiger partial charge in [0.1, 0.15) is 0 Å². The Hall–Kier alpha value is -2.34. The van der Waals surface area contributed by atoms with Crippen LogP contribution in [0.4, 0.5) is 0 Å². The molecule has 2 aromatic heterocycles. The van der Waals surface area contributed by atoms with Gasteiger partial charge in [0, 0.05) is 25.5 Å². The van der Waals surface area contributed by atoms with E-state index < -0.39 is 5.97 Å². The lowest BCUT2D eigenvalue weighted by Gasteiger charge is -2.06. The van der Waals surface area contributed by atoms with Crippen LogP contribution < -0.4 is 5.32 Å². The summed E-state index contributed by atoms with van der Waals surface area (Å²) in [7, 11) is 0. The Morgan fingerprint density at radius 1 is 1.22 bits per heavy atom. The summed E-state index contributed by atoms with van der Waals surface area (Å²) in [5, 5.41) is 19.8. The lowest BCUT2D eigenvalue weighted by Crippen LogP contribution is -2.17. The monoisotopic (exact) mass is 244 g/mol. The van der Waals surface area contributed by atoms with Crippen LogP contribution in [0.25, 0.3) is 0 Å². The number of pyridine rings is 1. The quantitative estimate of drug-likeness (QED) is 0.811. The van der Waals surface area contributed by atoms with E-state index in [4.69, 9.17) is 5.11 Å². The molecule has 0 aliphatic heterocycles. The van der Waals surface area contributed by atoms with Crippen molar-refractivity contribution in [2.24, 2.45) is 0 Å². The van der Waals surface area contributed by atoms with Crippen LogP contribution in [-0.4, -0.2) is 26.3 Å². The van der Waals surface area contributed by atoms with Crippen LogP contribution in [0.5, 0.6) is 0 Å². The van der Waals surface area contributed by atoms with Crippen molar-refractivity contribution in [2.45, 2.75) is 13.1 Å². The molecule has 92 valence electrons. The van der Waals surface area contributed by atoms with Gasteiger partial charge in [-0.15, -0.1) is 0 Å². The summed E-state index contributed by atoms with van der Waals surface area (Å²) in [4.78, 5) is 15.0. The zero-order chi connectivity index (χ0) is 12.8. The van der Waals surface area contributed by atoms with Crippen molar-refractivity contribution in [3.63, 3.8) is 0 Å². The molecule has 0 amide bonds. The maximum atomic E-state index is 11.0. The fourth-order valence-electron chi connectivity index (χ4n) is 1.51. The largest absolute Gasteiger partial charge is 0.478 e. The number of rotatable bonds is 5. The van der Waals surface area contributed by atoms with E-state index in [-0.39, 0.29) is 5.56 Å². The van der Waals surface area contributed by atoms with E-state index in [1.54, 1.807) is 24.5 Å². The maximum absolute atomic E-state index is 11.0. The minimum atomic E-state index is -0.973. The molecule has 0 fully saturated rings. The summed E-state index contributed by atoms with van der Waals surface area (Å²) in [6, 6.07) is 6.79. The van der Waals surface area contributed by atoms with Crippen LogP contribution in [0, 0.1) is 0 Å². The average Bonchev–Trinajstić information content (AvgIpc) is 2.40. The van der Waals surface area contributed by atoms with Crippen LogP contribution in [0.2, 0.25) is 0 Å². The first-order valence-electron chi connectivity index (χ1n) is 5.42. The highest BCUT2D eigenvalue weighted by molar-refractivity contribution is 5.88. The van der Waals surface area contributed by atoms with Crippen molar-refractivity contribution in [3.8, 4) is 0 Å². The van der Waals surface area contributed by atoms with Crippen molar-refractivity contribution < 1.29 is 9.90 Å². The highest BCUT2D eigenvalue weighted by atomic mass is 16.4. The maximum Gasteiger partial charge on any atom is 0.337 e. The number of aromatic nitrogens is 3. The second-order valence-corrected chi connectivity index (χ2v) is 3.62. The second-order valence-electron chi connectivity index (χ2n) is 3.62. The molecule has 2 rings (SSSR count). The van der Waals surface area contributed by atoms with Crippen LogP contribution >= 0.6 is 0 Å². The van der Waals surface area contributed by atoms with Crippen LogP contribution in [0.1, 0.15) is 21.7 Å². The summed E-state index contributed by atoms with van der Waals surface area (Å²) in [6.45, 7) is 0.891. The topological polar surface area (TPSA) is 88.0 Å². The Kier molecular flexibility index (Phi) is 3.93. The van der Waals surface area contributed by atoms with Crippen molar-refractivity contribution in [3.05, 3.63) is 53.6 Å². The van der Waals surface area contributed by atoms with E-state index >= 15 is 0 Å². The van der Waals surface area contributed by atoms with Crippen LogP contribution in [0.3, 0.4) is 0 Å². The van der Waals surface area contributed by atoms with Crippen molar-refractivity contribution in [1.29, 1.82) is 0 Å². The number of aromatic carboxylic acids is 1. The average molecular weight is 244 g/mol. The molecule has 0 bridgehead atoms. The lowest BCUT2D eigenvalue weighted by molar-refractivity contribution is 0.0695. The summed E-state index contributed by atoms with van der Waals surface area (Å²) >= 11 is 0. The van der Waals surface area contributed by atoms with Crippen LogP contribution in [-0.2, 0) is 13.1 Å². The van der Waals surface area contributed by atoms with Gasteiger partial charge in [-0.1, -0.05) is 0 Å². The van der Waals surface area contributed by atoms with Gasteiger partial charge >= 0.3 is 5.97 Å². The fraction of sp³-hybridized carbons (Fsp3) is 0.167. The first kappa shape index (κ1) is 12.1. The van der Waals surface area contributed by atoms with Crippen molar-refractivity contribution in [1.82, 2.24) is 20.5 Å². The van der Waals surface area contributed by atoms with Gasteiger partial charge in [0.05, 0.1) is 17.0 Å². The Labute approximate surface area is 104 Å². The molecular formula is C12H12N4O2. The highest BCUT2D eigenvalue weighted by Crippen LogP contribution is 2.05. The lowest BCUT2D eigenvalue weighted by atomic mass is 10.2. The zero-order valence-corrected chi connectivity index (χ0v) is 9.58. The standard InChI is InChI=1S/C12H12N4O2/c17-12(18)10-4-2-5-14-11(10)8-13-7-9-3-1-6-15-16-9/h1-6,13H,7-8H2,(H,17,18). The molecule has 0 aromatic carbocycles. The van der Waals surface area contributed by atoms with Gasteiger partial charge in [-0.25, -0.2) is 4.79 Å². The molecule has 0 spiro atoms. The molecule has 2 heterocycles. The molecule has 0 saturated carbocycles. The van der Waals surface area contributed by atoms with Gasteiger partial charge in [-0.05, 0) is 24.3 Å². The molecule has 0 saturated heterocycles. The molecule has 0 atom stereocenters.